The van der Waals surface area contributed by atoms with Gasteiger partial charge in [-0.15, -0.1) is 6.58 Å². The van der Waals surface area contributed by atoms with Crippen LogP contribution in [0.3, 0.4) is 0 Å². The fraction of sp³-hybridized carbons (Fsp3) is 0.538. The molecular formula is C13H22N2O. The number of allylic oxidation sites excluding steroid dienone is 1. The van der Waals surface area contributed by atoms with Gasteiger partial charge in [-0.1, -0.05) is 5.57 Å². The van der Waals surface area contributed by atoms with Crippen molar-refractivity contribution in [1.29, 1.82) is 0 Å². The number of hydrazine groups is 1. The van der Waals surface area contributed by atoms with Crippen LogP contribution in [0.1, 0.15) is 48.5 Å². The summed E-state index contributed by atoms with van der Waals surface area (Å²) in [7, 11) is 0. The molecule has 3 N–H and O–H groups in total. The van der Waals surface area contributed by atoms with Gasteiger partial charge in [-0.2, -0.15) is 0 Å². The van der Waals surface area contributed by atoms with Crippen LogP contribution in [-0.4, -0.2) is 0 Å². The fourth-order valence-electron chi connectivity index (χ4n) is 2.02. The molecule has 0 aromatic carbocycles. The average Bonchev–Trinajstić information content (AvgIpc) is 2.45. The minimum atomic E-state index is 0.147. The lowest BCUT2D eigenvalue weighted by atomic mass is 9.97. The zero-order chi connectivity index (χ0) is 12.3. The van der Waals surface area contributed by atoms with E-state index in [9.17, 15) is 0 Å². The Bertz CT molecular complexity index is 380. The lowest BCUT2D eigenvalue weighted by Gasteiger charge is -2.16. The maximum atomic E-state index is 5.62. The smallest absolute Gasteiger partial charge is 0.106 e. The monoisotopic (exact) mass is 222 g/mol. The standard InChI is InChI=1S/C13H22N2O/c1-8(2)6-7-12(15-14)13-9(3)10(4)16-11(13)5/h12,15H,1,6-7,14H2,2-5H3. The van der Waals surface area contributed by atoms with Gasteiger partial charge in [-0.05, 0) is 46.1 Å². The molecule has 0 aliphatic rings. The summed E-state index contributed by atoms with van der Waals surface area (Å²) >= 11 is 0. The summed E-state index contributed by atoms with van der Waals surface area (Å²) in [5.41, 5.74) is 6.44. The van der Waals surface area contributed by atoms with E-state index in [-0.39, 0.29) is 6.04 Å². The number of furan rings is 1. The number of nitrogens with two attached hydrogens (primary N) is 1. The van der Waals surface area contributed by atoms with Crippen LogP contribution in [0.2, 0.25) is 0 Å². The quantitative estimate of drug-likeness (QED) is 0.457. The van der Waals surface area contributed by atoms with E-state index >= 15 is 0 Å². The lowest BCUT2D eigenvalue weighted by Crippen LogP contribution is -2.28. The van der Waals surface area contributed by atoms with Crippen LogP contribution in [0.5, 0.6) is 0 Å². The van der Waals surface area contributed by atoms with Gasteiger partial charge < -0.3 is 4.42 Å². The molecule has 0 radical (unpaired) electrons. The van der Waals surface area contributed by atoms with Crippen molar-refractivity contribution in [2.45, 2.75) is 46.6 Å². The molecule has 1 atom stereocenters. The lowest BCUT2D eigenvalue weighted by molar-refractivity contribution is 0.474. The van der Waals surface area contributed by atoms with E-state index in [2.05, 4.69) is 18.9 Å². The Morgan fingerprint density at radius 3 is 2.38 bits per heavy atom. The highest BCUT2D eigenvalue weighted by molar-refractivity contribution is 5.34. The average molecular weight is 222 g/mol. The van der Waals surface area contributed by atoms with Crippen LogP contribution in [0.15, 0.2) is 16.6 Å². The van der Waals surface area contributed by atoms with Crippen LogP contribution < -0.4 is 11.3 Å². The van der Waals surface area contributed by atoms with Crippen molar-refractivity contribution < 1.29 is 4.42 Å². The van der Waals surface area contributed by atoms with Crippen LogP contribution in [0.4, 0.5) is 0 Å². The van der Waals surface area contributed by atoms with Gasteiger partial charge in [0.25, 0.3) is 0 Å². The Labute approximate surface area is 97.7 Å². The molecule has 0 bridgehead atoms. The van der Waals surface area contributed by atoms with E-state index < -0.39 is 0 Å². The number of rotatable bonds is 5. The summed E-state index contributed by atoms with van der Waals surface area (Å²) < 4.78 is 5.62. The zero-order valence-electron chi connectivity index (χ0n) is 10.7. The van der Waals surface area contributed by atoms with Crippen LogP contribution in [0, 0.1) is 20.8 Å². The molecule has 0 aliphatic heterocycles. The maximum Gasteiger partial charge on any atom is 0.106 e. The Kier molecular flexibility index (Phi) is 4.33. The molecule has 0 amide bonds. The highest BCUT2D eigenvalue weighted by atomic mass is 16.3. The molecule has 0 saturated heterocycles. The first-order valence-electron chi connectivity index (χ1n) is 5.64. The molecule has 1 heterocycles. The van der Waals surface area contributed by atoms with E-state index in [4.69, 9.17) is 10.3 Å². The molecule has 1 aromatic rings. The molecule has 1 rings (SSSR count). The predicted molar refractivity (Wildman–Crippen MR) is 67.0 cm³/mol. The minimum Gasteiger partial charge on any atom is -0.466 e. The van der Waals surface area contributed by atoms with Gasteiger partial charge in [-0.3, -0.25) is 11.3 Å². The van der Waals surface area contributed by atoms with Crippen LogP contribution >= 0.6 is 0 Å². The molecule has 1 unspecified atom stereocenters. The van der Waals surface area contributed by atoms with Gasteiger partial charge in [0.1, 0.15) is 11.5 Å². The summed E-state index contributed by atoms with van der Waals surface area (Å²) in [6.45, 7) is 12.0. The van der Waals surface area contributed by atoms with E-state index in [0.29, 0.717) is 0 Å². The van der Waals surface area contributed by atoms with Crippen molar-refractivity contribution in [3.63, 3.8) is 0 Å². The molecule has 3 heteroatoms. The highest BCUT2D eigenvalue weighted by Gasteiger charge is 2.19. The third-order valence-electron chi connectivity index (χ3n) is 3.03. The molecule has 3 nitrogen and oxygen atoms in total. The summed E-state index contributed by atoms with van der Waals surface area (Å²) in [4.78, 5) is 0. The largest absolute Gasteiger partial charge is 0.466 e. The maximum absolute atomic E-state index is 5.62. The zero-order valence-corrected chi connectivity index (χ0v) is 10.7. The number of hydrogen-bond donors (Lipinski definition) is 2. The third-order valence-corrected chi connectivity index (χ3v) is 3.03. The Hall–Kier alpha value is -1.06. The molecule has 16 heavy (non-hydrogen) atoms. The van der Waals surface area contributed by atoms with Gasteiger partial charge in [0, 0.05) is 11.6 Å². The van der Waals surface area contributed by atoms with Gasteiger partial charge in [0.2, 0.25) is 0 Å². The number of hydrogen-bond acceptors (Lipinski definition) is 3. The molecular weight excluding hydrogens is 200 g/mol. The van der Waals surface area contributed by atoms with E-state index in [1.54, 1.807) is 0 Å². The second-order valence-electron chi connectivity index (χ2n) is 4.47. The van der Waals surface area contributed by atoms with Gasteiger partial charge in [0.15, 0.2) is 0 Å². The normalized spacial score (nSPS) is 12.8. The highest BCUT2D eigenvalue weighted by Crippen LogP contribution is 2.29. The fourth-order valence-corrected chi connectivity index (χ4v) is 2.02. The topological polar surface area (TPSA) is 51.2 Å². The molecule has 90 valence electrons. The SMILES string of the molecule is C=C(C)CCC(NN)c1c(C)oc(C)c1C. The Morgan fingerprint density at radius 1 is 1.38 bits per heavy atom. The number of nitrogens with one attached hydrogen (secondary N) is 1. The van der Waals surface area contributed by atoms with Gasteiger partial charge >= 0.3 is 0 Å². The van der Waals surface area contributed by atoms with Crippen molar-refractivity contribution in [2.75, 3.05) is 0 Å². The van der Waals surface area contributed by atoms with E-state index in [1.165, 1.54) is 16.7 Å². The predicted octanol–water partition coefficient (Wildman–Crippen LogP) is 3.07. The van der Waals surface area contributed by atoms with Gasteiger partial charge in [0.05, 0.1) is 0 Å². The van der Waals surface area contributed by atoms with E-state index in [0.717, 1.165) is 24.4 Å². The van der Waals surface area contributed by atoms with Crippen molar-refractivity contribution in [3.8, 4) is 0 Å². The van der Waals surface area contributed by atoms with Gasteiger partial charge in [-0.25, -0.2) is 0 Å². The summed E-state index contributed by atoms with van der Waals surface area (Å²) in [6, 6.07) is 0.147. The first-order chi connectivity index (χ1) is 7.47. The summed E-state index contributed by atoms with van der Waals surface area (Å²) in [6.07, 6.45) is 1.92. The Morgan fingerprint density at radius 2 is 2.00 bits per heavy atom. The number of aryl methyl sites for hydroxylation is 2. The van der Waals surface area contributed by atoms with Crippen LogP contribution in [-0.2, 0) is 0 Å². The van der Waals surface area contributed by atoms with Crippen molar-refractivity contribution in [3.05, 3.63) is 34.8 Å². The molecule has 0 aliphatic carbocycles. The molecule has 0 fully saturated rings. The summed E-state index contributed by atoms with van der Waals surface area (Å²) in [5.74, 6) is 7.55. The Balaban J connectivity index is 2.90. The first kappa shape index (κ1) is 13.0. The minimum absolute atomic E-state index is 0.147. The van der Waals surface area contributed by atoms with Crippen molar-refractivity contribution in [1.82, 2.24) is 5.43 Å². The van der Waals surface area contributed by atoms with Crippen molar-refractivity contribution >= 4 is 0 Å². The summed E-state index contributed by atoms with van der Waals surface area (Å²) in [5, 5.41) is 0. The second-order valence-corrected chi connectivity index (χ2v) is 4.47. The molecule has 0 spiro atoms. The first-order valence-corrected chi connectivity index (χ1v) is 5.64. The third kappa shape index (κ3) is 2.74. The second kappa shape index (κ2) is 5.32. The molecule has 0 saturated carbocycles. The van der Waals surface area contributed by atoms with Crippen molar-refractivity contribution in [2.24, 2.45) is 5.84 Å². The van der Waals surface area contributed by atoms with Crippen LogP contribution in [0.25, 0.3) is 0 Å². The molecule has 1 aromatic heterocycles. The van der Waals surface area contributed by atoms with E-state index in [1.807, 2.05) is 20.8 Å².